The average molecular weight is 276 g/mol. The van der Waals surface area contributed by atoms with Crippen LogP contribution in [-0.4, -0.2) is 42.0 Å². The second-order valence-corrected chi connectivity index (χ2v) is 5.02. The maximum absolute atomic E-state index is 10.7. The van der Waals surface area contributed by atoms with Gasteiger partial charge in [0.15, 0.2) is 0 Å². The molecule has 1 fully saturated rings. The summed E-state index contributed by atoms with van der Waals surface area (Å²) in [6, 6.07) is 0. The van der Waals surface area contributed by atoms with E-state index in [9.17, 15) is 18.0 Å². The van der Waals surface area contributed by atoms with Crippen LogP contribution < -0.4 is 5.73 Å². The SMILES string of the molecule is C=C(CS(=O)(=O)O)C(N)=O.C=CN1CCCC1=O. The van der Waals surface area contributed by atoms with Gasteiger partial charge in [-0.25, -0.2) is 0 Å². The van der Waals surface area contributed by atoms with Gasteiger partial charge in [0.05, 0.1) is 0 Å². The second kappa shape index (κ2) is 6.92. The topological polar surface area (TPSA) is 118 Å². The number of hydrogen-bond acceptors (Lipinski definition) is 4. The van der Waals surface area contributed by atoms with Crippen LogP contribution in [0.1, 0.15) is 12.8 Å². The predicted molar refractivity (Wildman–Crippen MR) is 65.9 cm³/mol. The molecule has 8 heteroatoms. The molecule has 0 aromatic heterocycles. The number of nitrogens with two attached hydrogens (primary N) is 1. The summed E-state index contributed by atoms with van der Waals surface area (Å²) in [7, 11) is -4.17. The predicted octanol–water partition coefficient (Wildman–Crippen LogP) is -0.332. The molecule has 7 nitrogen and oxygen atoms in total. The van der Waals surface area contributed by atoms with Gasteiger partial charge in [-0.1, -0.05) is 13.2 Å². The largest absolute Gasteiger partial charge is 0.366 e. The molecule has 0 aromatic rings. The van der Waals surface area contributed by atoms with Crippen molar-refractivity contribution in [1.82, 2.24) is 4.90 Å². The van der Waals surface area contributed by atoms with Crippen molar-refractivity contribution >= 4 is 21.9 Å². The van der Waals surface area contributed by atoms with Crippen molar-refractivity contribution in [2.75, 3.05) is 12.3 Å². The minimum atomic E-state index is -4.17. The molecule has 0 saturated carbocycles. The molecule has 0 aliphatic carbocycles. The number of hydrogen-bond donors (Lipinski definition) is 2. The van der Waals surface area contributed by atoms with E-state index in [1.54, 1.807) is 11.1 Å². The molecule has 0 spiro atoms. The molecule has 1 rings (SSSR count). The lowest BCUT2D eigenvalue weighted by Gasteiger charge is -2.05. The third kappa shape index (κ3) is 6.81. The maximum atomic E-state index is 10.7. The van der Waals surface area contributed by atoms with Crippen molar-refractivity contribution in [3.63, 3.8) is 0 Å². The fraction of sp³-hybridized carbons (Fsp3) is 0.400. The third-order valence-electron chi connectivity index (χ3n) is 2.04. The van der Waals surface area contributed by atoms with Crippen molar-refractivity contribution in [2.45, 2.75) is 12.8 Å². The maximum Gasteiger partial charge on any atom is 0.269 e. The first-order valence-corrected chi connectivity index (χ1v) is 6.63. The molecule has 1 aliphatic heterocycles. The smallest absolute Gasteiger partial charge is 0.269 e. The van der Waals surface area contributed by atoms with Crippen molar-refractivity contribution in [2.24, 2.45) is 5.73 Å². The zero-order valence-electron chi connectivity index (χ0n) is 9.83. The highest BCUT2D eigenvalue weighted by molar-refractivity contribution is 7.86. The zero-order valence-corrected chi connectivity index (χ0v) is 10.6. The molecule has 1 aliphatic rings. The Morgan fingerprint density at radius 3 is 2.28 bits per heavy atom. The van der Waals surface area contributed by atoms with Gasteiger partial charge in [0.25, 0.3) is 10.1 Å². The van der Waals surface area contributed by atoms with Crippen LogP contribution in [0.2, 0.25) is 0 Å². The fourth-order valence-corrected chi connectivity index (χ4v) is 1.74. The Kier molecular flexibility index (Phi) is 6.28. The summed E-state index contributed by atoms with van der Waals surface area (Å²) >= 11 is 0. The summed E-state index contributed by atoms with van der Waals surface area (Å²) in [5.74, 6) is -1.53. The van der Waals surface area contributed by atoms with Gasteiger partial charge in [-0.15, -0.1) is 0 Å². The van der Waals surface area contributed by atoms with Crippen molar-refractivity contribution in [3.8, 4) is 0 Å². The van der Waals surface area contributed by atoms with Crippen molar-refractivity contribution in [3.05, 3.63) is 24.9 Å². The molecule has 1 heterocycles. The van der Waals surface area contributed by atoms with Crippen LogP contribution in [0.25, 0.3) is 0 Å². The Labute approximate surface area is 106 Å². The lowest BCUT2D eigenvalue weighted by atomic mass is 10.3. The number of nitrogens with zero attached hydrogens (tertiary/aromatic N) is 1. The Balaban J connectivity index is 0.000000327. The molecular formula is C10H16N2O5S. The first-order valence-electron chi connectivity index (χ1n) is 5.02. The van der Waals surface area contributed by atoms with E-state index in [0.29, 0.717) is 6.42 Å². The first-order chi connectivity index (χ1) is 8.17. The van der Waals surface area contributed by atoms with E-state index in [1.807, 2.05) is 0 Å². The van der Waals surface area contributed by atoms with Gasteiger partial charge in [0.2, 0.25) is 11.8 Å². The Morgan fingerprint density at radius 2 is 2.11 bits per heavy atom. The van der Waals surface area contributed by atoms with E-state index < -0.39 is 21.8 Å². The molecule has 0 bridgehead atoms. The van der Waals surface area contributed by atoms with Gasteiger partial charge in [0.1, 0.15) is 5.75 Å². The summed E-state index contributed by atoms with van der Waals surface area (Å²) < 4.78 is 28.2. The minimum absolute atomic E-state index is 0.208. The highest BCUT2D eigenvalue weighted by Crippen LogP contribution is 2.08. The lowest BCUT2D eigenvalue weighted by Crippen LogP contribution is -2.19. The van der Waals surface area contributed by atoms with Gasteiger partial charge in [0, 0.05) is 18.5 Å². The normalized spacial score (nSPS) is 14.7. The molecule has 0 atom stereocenters. The Morgan fingerprint density at radius 1 is 1.56 bits per heavy atom. The van der Waals surface area contributed by atoms with Gasteiger partial charge < -0.3 is 10.6 Å². The number of carbonyl (C=O) groups excluding carboxylic acids is 2. The number of rotatable bonds is 4. The molecule has 0 aromatic carbocycles. The Hall–Kier alpha value is -1.67. The summed E-state index contributed by atoms with van der Waals surface area (Å²) in [4.78, 5) is 22.4. The standard InChI is InChI=1S/C6H9NO.C4H7NO4S/c1-2-7-5-3-4-6(7)8;1-3(4(5)6)2-10(7,8)9/h2H,1,3-5H2;1-2H2,(H2,5,6)(H,7,8,9). The zero-order chi connectivity index (χ0) is 14.3. The summed E-state index contributed by atoms with van der Waals surface area (Å²) in [5, 5.41) is 0. The quantitative estimate of drug-likeness (QED) is 0.538. The third-order valence-corrected chi connectivity index (χ3v) is 2.75. The Bertz CT molecular complexity index is 455. The number of likely N-dealkylation sites (tertiary alicyclic amines) is 1. The van der Waals surface area contributed by atoms with Crippen LogP contribution in [0.4, 0.5) is 0 Å². The lowest BCUT2D eigenvalue weighted by molar-refractivity contribution is -0.125. The number of amides is 2. The fourth-order valence-electron chi connectivity index (χ4n) is 1.15. The van der Waals surface area contributed by atoms with Crippen molar-refractivity contribution in [1.29, 1.82) is 0 Å². The van der Waals surface area contributed by atoms with Crippen LogP contribution in [-0.2, 0) is 19.7 Å². The summed E-state index contributed by atoms with van der Waals surface area (Å²) in [6.07, 6.45) is 3.28. The van der Waals surface area contributed by atoms with Gasteiger partial charge in [-0.3, -0.25) is 14.1 Å². The number of carbonyl (C=O) groups is 2. The molecule has 0 unspecified atom stereocenters. The van der Waals surface area contributed by atoms with E-state index in [4.69, 9.17) is 4.55 Å². The monoisotopic (exact) mass is 276 g/mol. The van der Waals surface area contributed by atoms with Crippen LogP contribution >= 0.6 is 0 Å². The van der Waals surface area contributed by atoms with E-state index >= 15 is 0 Å². The van der Waals surface area contributed by atoms with Crippen LogP contribution in [0.3, 0.4) is 0 Å². The van der Waals surface area contributed by atoms with Crippen LogP contribution in [0.5, 0.6) is 0 Å². The van der Waals surface area contributed by atoms with Gasteiger partial charge in [-0.2, -0.15) is 8.42 Å². The summed E-state index contributed by atoms with van der Waals surface area (Å²) in [5.41, 5.74) is 4.30. The molecule has 3 N–H and O–H groups in total. The summed E-state index contributed by atoms with van der Waals surface area (Å²) in [6.45, 7) is 7.39. The number of primary amides is 1. The molecule has 102 valence electrons. The van der Waals surface area contributed by atoms with Crippen LogP contribution in [0, 0.1) is 0 Å². The highest BCUT2D eigenvalue weighted by atomic mass is 32.2. The molecule has 2 amide bonds. The molecule has 18 heavy (non-hydrogen) atoms. The second-order valence-electron chi connectivity index (χ2n) is 3.57. The molecule has 0 radical (unpaired) electrons. The molecule has 1 saturated heterocycles. The van der Waals surface area contributed by atoms with E-state index in [0.717, 1.165) is 13.0 Å². The van der Waals surface area contributed by atoms with E-state index in [2.05, 4.69) is 18.9 Å². The molecular weight excluding hydrogens is 260 g/mol. The van der Waals surface area contributed by atoms with Gasteiger partial charge >= 0.3 is 0 Å². The van der Waals surface area contributed by atoms with Crippen molar-refractivity contribution < 1.29 is 22.6 Å². The van der Waals surface area contributed by atoms with Gasteiger partial charge in [-0.05, 0) is 12.6 Å². The van der Waals surface area contributed by atoms with E-state index in [1.165, 1.54) is 0 Å². The average Bonchev–Trinajstić information content (AvgIpc) is 2.62. The minimum Gasteiger partial charge on any atom is -0.366 e. The van der Waals surface area contributed by atoms with E-state index in [-0.39, 0.29) is 11.5 Å². The van der Waals surface area contributed by atoms with Crippen LogP contribution in [0.15, 0.2) is 24.9 Å². The highest BCUT2D eigenvalue weighted by Gasteiger charge is 2.16. The first kappa shape index (κ1) is 16.3.